The highest BCUT2D eigenvalue weighted by Crippen LogP contribution is 2.29. The number of rotatable bonds is 9. The number of carbonyl (C=O) groups excluding carboxylic acids is 2. The first-order valence-electron chi connectivity index (χ1n) is 9.33. The molecule has 0 N–H and O–H groups in total. The highest BCUT2D eigenvalue weighted by molar-refractivity contribution is 7.91. The van der Waals surface area contributed by atoms with E-state index in [-0.39, 0.29) is 23.9 Å². The minimum Gasteiger partial charge on any atom is -0.456 e. The van der Waals surface area contributed by atoms with Gasteiger partial charge in [0.15, 0.2) is 16.4 Å². The van der Waals surface area contributed by atoms with Gasteiger partial charge >= 0.3 is 5.97 Å². The minimum absolute atomic E-state index is 0.0132. The number of hydrogen-bond donors (Lipinski definition) is 0. The number of hydrogen-bond acceptors (Lipinski definition) is 5. The zero-order valence-electron chi connectivity index (χ0n) is 15.8. The molecule has 0 heterocycles. The summed E-state index contributed by atoms with van der Waals surface area (Å²) in [5.41, 5.74) is 0.396. The molecule has 29 heavy (non-hydrogen) atoms. The average molecular weight is 419 g/mol. The average Bonchev–Trinajstić information content (AvgIpc) is 3.56. The molecule has 0 spiro atoms. The van der Waals surface area contributed by atoms with Crippen molar-refractivity contribution in [2.75, 3.05) is 12.4 Å². The molecular formula is C21H22FNO5S. The van der Waals surface area contributed by atoms with Crippen molar-refractivity contribution in [3.63, 3.8) is 0 Å². The van der Waals surface area contributed by atoms with Crippen LogP contribution in [0.4, 0.5) is 4.39 Å². The van der Waals surface area contributed by atoms with Crippen molar-refractivity contribution in [2.24, 2.45) is 0 Å². The molecule has 2 aromatic rings. The normalized spacial score (nSPS) is 13.7. The van der Waals surface area contributed by atoms with E-state index < -0.39 is 39.9 Å². The van der Waals surface area contributed by atoms with Gasteiger partial charge in [-0.15, -0.1) is 0 Å². The van der Waals surface area contributed by atoms with E-state index in [1.807, 2.05) is 0 Å². The van der Waals surface area contributed by atoms with Crippen LogP contribution in [-0.2, 0) is 30.7 Å². The molecule has 0 aromatic heterocycles. The van der Waals surface area contributed by atoms with Crippen LogP contribution in [0.5, 0.6) is 0 Å². The summed E-state index contributed by atoms with van der Waals surface area (Å²) in [6.07, 6.45) is 1.30. The summed E-state index contributed by atoms with van der Waals surface area (Å²) in [5.74, 6) is -1.98. The second-order valence-corrected chi connectivity index (χ2v) is 9.00. The van der Waals surface area contributed by atoms with Gasteiger partial charge in [0.2, 0.25) is 0 Å². The molecule has 0 unspecified atom stereocenters. The predicted molar refractivity (Wildman–Crippen MR) is 104 cm³/mol. The molecule has 1 aliphatic rings. The standard InChI is InChI=1S/C21H22FNO5S/c22-19-9-5-4-6-16(19)14-23(17-10-11-17)20(24)15-28-21(25)12-13-29(26,27)18-7-2-1-3-8-18/h1-9,17H,10-15H2. The maximum Gasteiger partial charge on any atom is 0.307 e. The summed E-state index contributed by atoms with van der Waals surface area (Å²) in [6.45, 7) is -0.384. The minimum atomic E-state index is -3.60. The Morgan fingerprint density at radius 3 is 2.34 bits per heavy atom. The van der Waals surface area contributed by atoms with Gasteiger partial charge in [-0.3, -0.25) is 9.59 Å². The third-order valence-electron chi connectivity index (χ3n) is 4.64. The number of carbonyl (C=O) groups is 2. The topological polar surface area (TPSA) is 80.7 Å². The molecular weight excluding hydrogens is 397 g/mol. The zero-order chi connectivity index (χ0) is 20.9. The van der Waals surface area contributed by atoms with E-state index in [9.17, 15) is 22.4 Å². The molecule has 1 saturated carbocycles. The van der Waals surface area contributed by atoms with E-state index in [0.717, 1.165) is 12.8 Å². The lowest BCUT2D eigenvalue weighted by Gasteiger charge is -2.22. The Bertz CT molecular complexity index is 974. The van der Waals surface area contributed by atoms with Crippen molar-refractivity contribution in [3.05, 3.63) is 66.0 Å². The number of halogens is 1. The van der Waals surface area contributed by atoms with Gasteiger partial charge in [-0.05, 0) is 31.0 Å². The van der Waals surface area contributed by atoms with Crippen LogP contribution in [0.3, 0.4) is 0 Å². The summed E-state index contributed by atoms with van der Waals surface area (Å²) in [6, 6.07) is 14.1. The van der Waals surface area contributed by atoms with E-state index in [4.69, 9.17) is 4.74 Å². The molecule has 0 radical (unpaired) electrons. The first kappa shape index (κ1) is 21.0. The molecule has 1 fully saturated rings. The lowest BCUT2D eigenvalue weighted by atomic mass is 10.2. The summed E-state index contributed by atoms with van der Waals surface area (Å²) < 4.78 is 43.3. The van der Waals surface area contributed by atoms with E-state index >= 15 is 0 Å². The van der Waals surface area contributed by atoms with Crippen molar-refractivity contribution < 1.29 is 27.1 Å². The predicted octanol–water partition coefficient (Wildman–Crippen LogP) is 2.72. The van der Waals surface area contributed by atoms with Crippen LogP contribution in [0.15, 0.2) is 59.5 Å². The third-order valence-corrected chi connectivity index (χ3v) is 6.37. The van der Waals surface area contributed by atoms with Crippen LogP contribution in [0.2, 0.25) is 0 Å². The lowest BCUT2D eigenvalue weighted by molar-refractivity contribution is -0.152. The summed E-state index contributed by atoms with van der Waals surface area (Å²) >= 11 is 0. The van der Waals surface area contributed by atoms with Gasteiger partial charge in [0.25, 0.3) is 5.91 Å². The fourth-order valence-corrected chi connectivity index (χ4v) is 4.12. The maximum atomic E-state index is 13.9. The Balaban J connectivity index is 1.51. The third kappa shape index (κ3) is 5.87. The number of benzene rings is 2. The Labute approximate surface area is 169 Å². The molecule has 3 rings (SSSR count). The van der Waals surface area contributed by atoms with E-state index in [1.165, 1.54) is 23.1 Å². The van der Waals surface area contributed by atoms with Crippen LogP contribution in [0, 0.1) is 5.82 Å². The van der Waals surface area contributed by atoms with E-state index in [0.29, 0.717) is 5.56 Å². The molecule has 6 nitrogen and oxygen atoms in total. The first-order valence-corrected chi connectivity index (χ1v) is 11.0. The van der Waals surface area contributed by atoms with E-state index in [1.54, 1.807) is 36.4 Å². The van der Waals surface area contributed by atoms with Crippen molar-refractivity contribution in [1.29, 1.82) is 0 Å². The molecule has 0 bridgehead atoms. The first-order chi connectivity index (χ1) is 13.9. The zero-order valence-corrected chi connectivity index (χ0v) is 16.6. The van der Waals surface area contributed by atoms with Crippen molar-refractivity contribution in [2.45, 2.75) is 36.7 Å². The number of nitrogens with zero attached hydrogens (tertiary/aromatic N) is 1. The Hall–Kier alpha value is -2.74. The van der Waals surface area contributed by atoms with Crippen LogP contribution in [0.1, 0.15) is 24.8 Å². The molecule has 8 heteroatoms. The summed E-state index contributed by atoms with van der Waals surface area (Å²) in [4.78, 5) is 26.0. The van der Waals surface area contributed by atoms with Gasteiger partial charge in [0.1, 0.15) is 5.82 Å². The summed E-state index contributed by atoms with van der Waals surface area (Å²) in [5, 5.41) is 0. The second kappa shape index (κ2) is 9.17. The van der Waals surface area contributed by atoms with Crippen LogP contribution in [-0.4, -0.2) is 43.6 Å². The Morgan fingerprint density at radius 2 is 1.69 bits per heavy atom. The SMILES string of the molecule is O=C(CCS(=O)(=O)c1ccccc1)OCC(=O)N(Cc1ccccc1F)C1CC1. The molecule has 1 amide bonds. The van der Waals surface area contributed by atoms with Crippen molar-refractivity contribution >= 4 is 21.7 Å². The van der Waals surface area contributed by atoms with Gasteiger partial charge in [-0.25, -0.2) is 12.8 Å². The highest BCUT2D eigenvalue weighted by atomic mass is 32.2. The summed E-state index contributed by atoms with van der Waals surface area (Å²) in [7, 11) is -3.60. The van der Waals surface area contributed by atoms with Gasteiger partial charge < -0.3 is 9.64 Å². The van der Waals surface area contributed by atoms with E-state index in [2.05, 4.69) is 0 Å². The fourth-order valence-electron chi connectivity index (χ4n) is 2.88. The molecule has 1 aliphatic carbocycles. The second-order valence-electron chi connectivity index (χ2n) is 6.89. The smallest absolute Gasteiger partial charge is 0.307 e. The number of esters is 1. The van der Waals surface area contributed by atoms with Crippen LogP contribution in [0.25, 0.3) is 0 Å². The van der Waals surface area contributed by atoms with Gasteiger partial charge in [0.05, 0.1) is 17.1 Å². The van der Waals surface area contributed by atoms with Crippen molar-refractivity contribution in [1.82, 2.24) is 4.90 Å². The molecule has 0 aliphatic heterocycles. The largest absolute Gasteiger partial charge is 0.456 e. The van der Waals surface area contributed by atoms with Gasteiger partial charge in [-0.1, -0.05) is 36.4 Å². The lowest BCUT2D eigenvalue weighted by Crippen LogP contribution is -2.36. The highest BCUT2D eigenvalue weighted by Gasteiger charge is 2.33. The van der Waals surface area contributed by atoms with Crippen LogP contribution < -0.4 is 0 Å². The maximum absolute atomic E-state index is 13.9. The van der Waals surface area contributed by atoms with Crippen LogP contribution >= 0.6 is 0 Å². The molecule has 2 aromatic carbocycles. The quantitative estimate of drug-likeness (QED) is 0.584. The Kier molecular flexibility index (Phi) is 6.64. The molecule has 0 atom stereocenters. The number of amides is 1. The number of sulfone groups is 1. The Morgan fingerprint density at radius 1 is 1.03 bits per heavy atom. The monoisotopic (exact) mass is 419 g/mol. The van der Waals surface area contributed by atoms with Gasteiger partial charge in [0, 0.05) is 18.2 Å². The fraction of sp³-hybridized carbons (Fsp3) is 0.333. The van der Waals surface area contributed by atoms with Crippen molar-refractivity contribution in [3.8, 4) is 0 Å². The molecule has 0 saturated heterocycles. The molecule has 154 valence electrons. The number of ether oxygens (including phenoxy) is 1. The van der Waals surface area contributed by atoms with Gasteiger partial charge in [-0.2, -0.15) is 0 Å².